The summed E-state index contributed by atoms with van der Waals surface area (Å²) in [6.45, 7) is 8.78. The van der Waals surface area contributed by atoms with Gasteiger partial charge in [-0.2, -0.15) is 5.10 Å². The van der Waals surface area contributed by atoms with Crippen LogP contribution < -0.4 is 9.73 Å². The molecule has 0 aliphatic rings. The molecule has 2 aromatic carbocycles. The van der Waals surface area contributed by atoms with E-state index in [2.05, 4.69) is 10.5 Å². The number of hydrogen-bond donors (Lipinski definition) is 1. The van der Waals surface area contributed by atoms with Crippen LogP contribution in [0.5, 0.6) is 0 Å². The van der Waals surface area contributed by atoms with Crippen LogP contribution in [-0.4, -0.2) is 26.6 Å². The van der Waals surface area contributed by atoms with Crippen molar-refractivity contribution >= 4 is 27.3 Å². The lowest BCUT2D eigenvalue weighted by Crippen LogP contribution is -2.40. The number of carbonyl (C=O) groups is 1. The first-order valence-corrected chi connectivity index (χ1v) is 10.5. The van der Waals surface area contributed by atoms with Crippen LogP contribution in [-0.2, 0) is 14.8 Å². The van der Waals surface area contributed by atoms with Crippen LogP contribution in [0.2, 0.25) is 0 Å². The number of halogens is 1. The van der Waals surface area contributed by atoms with Gasteiger partial charge in [-0.25, -0.2) is 18.2 Å². The molecular weight excluding hydrogens is 393 g/mol. The number of rotatable bonds is 6. The van der Waals surface area contributed by atoms with E-state index in [4.69, 9.17) is 0 Å². The monoisotopic (exact) mass is 419 g/mol. The zero-order valence-corrected chi connectivity index (χ0v) is 18.0. The molecule has 0 saturated heterocycles. The third-order valence-electron chi connectivity index (χ3n) is 4.45. The van der Waals surface area contributed by atoms with E-state index in [9.17, 15) is 17.6 Å². The SMILES string of the molecule is C/C(=N\NC(=O)CN(c1ccccc1F)S(=O)(=O)c1ccc(C)cc1)C(C)(C)C. The van der Waals surface area contributed by atoms with Crippen LogP contribution in [0.1, 0.15) is 33.3 Å². The molecule has 156 valence electrons. The number of hydrazone groups is 1. The lowest BCUT2D eigenvalue weighted by Gasteiger charge is -2.24. The quantitative estimate of drug-likeness (QED) is 0.570. The summed E-state index contributed by atoms with van der Waals surface area (Å²) in [5, 5.41) is 4.03. The number of amides is 1. The molecule has 0 aliphatic carbocycles. The lowest BCUT2D eigenvalue weighted by atomic mass is 9.91. The average Bonchev–Trinajstić information content (AvgIpc) is 2.64. The van der Waals surface area contributed by atoms with Crippen LogP contribution in [0.3, 0.4) is 0 Å². The van der Waals surface area contributed by atoms with Gasteiger partial charge in [0.1, 0.15) is 12.4 Å². The van der Waals surface area contributed by atoms with Crippen LogP contribution in [0.4, 0.5) is 10.1 Å². The summed E-state index contributed by atoms with van der Waals surface area (Å²) in [7, 11) is -4.17. The van der Waals surface area contributed by atoms with Crippen molar-refractivity contribution in [2.75, 3.05) is 10.8 Å². The van der Waals surface area contributed by atoms with Crippen LogP contribution >= 0.6 is 0 Å². The normalized spacial score (nSPS) is 12.6. The number of aryl methyl sites for hydroxylation is 1. The molecule has 0 spiro atoms. The standard InChI is InChI=1S/C21H26FN3O3S/c1-15-10-12-17(13-11-15)29(27,28)25(19-9-7-6-8-18(19)22)14-20(26)24-23-16(2)21(3,4)5/h6-13H,14H2,1-5H3,(H,24,26)/b23-16+. The summed E-state index contributed by atoms with van der Waals surface area (Å²) in [5.41, 5.74) is 3.45. The lowest BCUT2D eigenvalue weighted by molar-refractivity contribution is -0.119. The second-order valence-electron chi connectivity index (χ2n) is 7.76. The molecule has 29 heavy (non-hydrogen) atoms. The van der Waals surface area contributed by atoms with Gasteiger partial charge in [-0.15, -0.1) is 0 Å². The fourth-order valence-electron chi connectivity index (χ4n) is 2.27. The van der Waals surface area contributed by atoms with E-state index >= 15 is 0 Å². The van der Waals surface area contributed by atoms with Crippen LogP contribution in [0.25, 0.3) is 0 Å². The molecule has 6 nitrogen and oxygen atoms in total. The highest BCUT2D eigenvalue weighted by atomic mass is 32.2. The fraction of sp³-hybridized carbons (Fsp3) is 0.333. The largest absolute Gasteiger partial charge is 0.271 e. The predicted molar refractivity (Wildman–Crippen MR) is 113 cm³/mol. The molecule has 2 rings (SSSR count). The molecule has 0 aromatic heterocycles. The maximum atomic E-state index is 14.4. The van der Waals surface area contributed by atoms with E-state index in [1.54, 1.807) is 19.1 Å². The van der Waals surface area contributed by atoms with Crippen molar-refractivity contribution in [3.8, 4) is 0 Å². The molecule has 0 radical (unpaired) electrons. The minimum atomic E-state index is -4.17. The second kappa shape index (κ2) is 8.73. The van der Waals surface area contributed by atoms with Crippen LogP contribution in [0.15, 0.2) is 58.5 Å². The Labute approximate surface area is 171 Å². The van der Waals surface area contributed by atoms with Gasteiger partial charge in [-0.05, 0) is 38.1 Å². The second-order valence-corrected chi connectivity index (χ2v) is 9.62. The third-order valence-corrected chi connectivity index (χ3v) is 6.23. The molecule has 0 saturated carbocycles. The minimum absolute atomic E-state index is 0.0338. The van der Waals surface area contributed by atoms with Crippen molar-refractivity contribution in [2.24, 2.45) is 10.5 Å². The number of para-hydroxylation sites is 1. The fourth-order valence-corrected chi connectivity index (χ4v) is 3.70. The Bertz CT molecular complexity index is 1010. The number of nitrogens with one attached hydrogen (secondary N) is 1. The van der Waals surface area contributed by atoms with Crippen molar-refractivity contribution in [1.29, 1.82) is 0 Å². The maximum Gasteiger partial charge on any atom is 0.264 e. The number of benzene rings is 2. The zero-order valence-electron chi connectivity index (χ0n) is 17.2. The Morgan fingerprint density at radius 3 is 2.24 bits per heavy atom. The van der Waals surface area contributed by atoms with Crippen molar-refractivity contribution in [1.82, 2.24) is 5.43 Å². The van der Waals surface area contributed by atoms with E-state index in [1.165, 1.54) is 30.3 Å². The highest BCUT2D eigenvalue weighted by molar-refractivity contribution is 7.92. The first-order valence-electron chi connectivity index (χ1n) is 9.10. The molecule has 0 atom stereocenters. The summed E-state index contributed by atoms with van der Waals surface area (Å²) in [6.07, 6.45) is 0. The van der Waals surface area contributed by atoms with Gasteiger partial charge < -0.3 is 0 Å². The molecule has 0 fully saturated rings. The summed E-state index contributed by atoms with van der Waals surface area (Å²) in [5.74, 6) is -1.42. The summed E-state index contributed by atoms with van der Waals surface area (Å²) in [4.78, 5) is 12.4. The summed E-state index contributed by atoms with van der Waals surface area (Å²) in [6, 6.07) is 11.6. The Kier molecular flexibility index (Phi) is 6.79. The maximum absolute atomic E-state index is 14.4. The van der Waals surface area contributed by atoms with Crippen molar-refractivity contribution < 1.29 is 17.6 Å². The van der Waals surface area contributed by atoms with E-state index in [1.807, 2.05) is 27.7 Å². The van der Waals surface area contributed by atoms with Gasteiger partial charge in [0.05, 0.1) is 10.6 Å². The average molecular weight is 420 g/mol. The van der Waals surface area contributed by atoms with Gasteiger partial charge in [0.2, 0.25) is 0 Å². The highest BCUT2D eigenvalue weighted by Crippen LogP contribution is 2.26. The van der Waals surface area contributed by atoms with E-state index < -0.39 is 28.3 Å². The summed E-state index contributed by atoms with van der Waals surface area (Å²) >= 11 is 0. The summed E-state index contributed by atoms with van der Waals surface area (Å²) < 4.78 is 41.5. The first-order chi connectivity index (χ1) is 13.4. The third kappa shape index (κ3) is 5.63. The first kappa shape index (κ1) is 22.5. The Hall–Kier alpha value is -2.74. The zero-order chi connectivity index (χ0) is 21.8. The predicted octanol–water partition coefficient (Wildman–Crippen LogP) is 3.87. The van der Waals surface area contributed by atoms with Crippen LogP contribution in [0, 0.1) is 18.2 Å². The molecule has 2 aromatic rings. The van der Waals surface area contributed by atoms with E-state index in [0.717, 1.165) is 15.9 Å². The van der Waals surface area contributed by atoms with Gasteiger partial charge in [0, 0.05) is 11.1 Å². The van der Waals surface area contributed by atoms with Gasteiger partial charge in [-0.3, -0.25) is 9.10 Å². The smallest absolute Gasteiger partial charge is 0.264 e. The van der Waals surface area contributed by atoms with Gasteiger partial charge in [0.15, 0.2) is 0 Å². The molecule has 0 unspecified atom stereocenters. The van der Waals surface area contributed by atoms with Crippen molar-refractivity contribution in [3.05, 3.63) is 59.9 Å². The minimum Gasteiger partial charge on any atom is -0.271 e. The number of carbonyl (C=O) groups excluding carboxylic acids is 1. The van der Waals surface area contributed by atoms with E-state index in [0.29, 0.717) is 5.71 Å². The highest BCUT2D eigenvalue weighted by Gasteiger charge is 2.29. The Balaban J connectivity index is 2.40. The van der Waals surface area contributed by atoms with Gasteiger partial charge >= 0.3 is 0 Å². The Morgan fingerprint density at radius 1 is 1.10 bits per heavy atom. The number of hydrogen-bond acceptors (Lipinski definition) is 4. The van der Waals surface area contributed by atoms with Crippen molar-refractivity contribution in [2.45, 2.75) is 39.5 Å². The van der Waals surface area contributed by atoms with Gasteiger partial charge in [0.25, 0.3) is 15.9 Å². The topological polar surface area (TPSA) is 78.8 Å². The van der Waals surface area contributed by atoms with E-state index in [-0.39, 0.29) is 16.0 Å². The number of nitrogens with zero attached hydrogens (tertiary/aromatic N) is 2. The molecule has 0 heterocycles. The Morgan fingerprint density at radius 2 is 1.69 bits per heavy atom. The van der Waals surface area contributed by atoms with Crippen molar-refractivity contribution in [3.63, 3.8) is 0 Å². The number of anilines is 1. The molecule has 1 N–H and O–H groups in total. The molecule has 0 bridgehead atoms. The number of sulfonamides is 1. The molecular formula is C21H26FN3O3S. The molecule has 0 aliphatic heterocycles. The van der Waals surface area contributed by atoms with Gasteiger partial charge in [-0.1, -0.05) is 50.6 Å². The molecule has 8 heteroatoms. The molecule has 1 amide bonds.